The molecule has 2 fully saturated rings. The van der Waals surface area contributed by atoms with E-state index < -0.39 is 43.6 Å². The van der Waals surface area contributed by atoms with Gasteiger partial charge in [-0.1, -0.05) is 88.6 Å². The third-order valence-electron chi connectivity index (χ3n) is 6.88. The van der Waals surface area contributed by atoms with Gasteiger partial charge in [0.25, 0.3) is 0 Å². The number of rotatable bonds is 10. The van der Waals surface area contributed by atoms with Crippen molar-refractivity contribution in [3.63, 3.8) is 0 Å². The molecule has 6 heteroatoms. The van der Waals surface area contributed by atoms with Gasteiger partial charge in [-0.2, -0.15) is 0 Å². The number of aliphatic hydroxyl groups is 2. The third-order valence-corrected chi connectivity index (χ3v) is 6.88. The molecule has 0 aliphatic carbocycles. The monoisotopic (exact) mass is 484 g/mol. The summed E-state index contributed by atoms with van der Waals surface area (Å²) < 4.78 is 25.5. The zero-order valence-corrected chi connectivity index (χ0v) is 21.1. The lowest BCUT2D eigenvalue weighted by Gasteiger charge is -2.50. The highest BCUT2D eigenvalue weighted by atomic mass is 16.8. The Bertz CT molecular complexity index is 898. The minimum atomic E-state index is -1.10. The molecule has 7 atom stereocenters. The molecular formula is C29H40O6. The predicted octanol–water partition coefficient (Wildman–Crippen LogP) is 5.01. The van der Waals surface area contributed by atoms with Crippen LogP contribution in [0.3, 0.4) is 0 Å². The fourth-order valence-electron chi connectivity index (χ4n) is 5.03. The molecule has 0 aromatic heterocycles. The number of hydrogen-bond donors (Lipinski definition) is 2. The van der Waals surface area contributed by atoms with Gasteiger partial charge in [0, 0.05) is 11.1 Å². The van der Waals surface area contributed by atoms with Gasteiger partial charge >= 0.3 is 0 Å². The van der Waals surface area contributed by atoms with Crippen LogP contribution in [0.4, 0.5) is 0 Å². The zero-order chi connectivity index (χ0) is 24.8. The van der Waals surface area contributed by atoms with Crippen molar-refractivity contribution < 1.29 is 29.2 Å². The van der Waals surface area contributed by atoms with E-state index in [1.165, 1.54) is 11.1 Å². The van der Waals surface area contributed by atoms with Crippen molar-refractivity contribution in [1.82, 2.24) is 0 Å². The smallest absolute Gasteiger partial charge is 0.184 e. The Balaban J connectivity index is 1.59. The molecule has 0 spiro atoms. The molecule has 0 saturated carbocycles. The molecule has 0 radical (unpaired) electrons. The lowest BCUT2D eigenvalue weighted by molar-refractivity contribution is -0.391. The molecule has 2 saturated heterocycles. The number of ether oxygens (including phenoxy) is 4. The second-order valence-corrected chi connectivity index (χ2v) is 9.66. The highest BCUT2D eigenvalue weighted by molar-refractivity contribution is 5.25. The Hall–Kier alpha value is -1.80. The van der Waals surface area contributed by atoms with Crippen LogP contribution in [0.15, 0.2) is 48.5 Å². The summed E-state index contributed by atoms with van der Waals surface area (Å²) in [6.45, 7) is 6.02. The van der Waals surface area contributed by atoms with Crippen molar-refractivity contribution >= 4 is 0 Å². The first-order valence-electron chi connectivity index (χ1n) is 13.2. The van der Waals surface area contributed by atoms with Crippen molar-refractivity contribution in [2.24, 2.45) is 0 Å². The number of fused-ring (bicyclic) bond motifs is 1. The fourth-order valence-corrected chi connectivity index (χ4v) is 5.03. The van der Waals surface area contributed by atoms with E-state index >= 15 is 0 Å². The van der Waals surface area contributed by atoms with E-state index in [2.05, 4.69) is 45.0 Å². The van der Waals surface area contributed by atoms with Gasteiger partial charge in [0.1, 0.15) is 24.4 Å². The average Bonchev–Trinajstić information content (AvgIpc) is 2.89. The van der Waals surface area contributed by atoms with Crippen LogP contribution in [-0.4, -0.2) is 47.3 Å². The number of hydrogen-bond acceptors (Lipinski definition) is 6. The van der Waals surface area contributed by atoms with E-state index in [1.54, 1.807) is 0 Å². The average molecular weight is 485 g/mol. The predicted molar refractivity (Wildman–Crippen MR) is 134 cm³/mol. The van der Waals surface area contributed by atoms with Crippen molar-refractivity contribution in [3.8, 4) is 0 Å². The Labute approximate surface area is 209 Å². The first-order valence-corrected chi connectivity index (χ1v) is 13.2. The van der Waals surface area contributed by atoms with E-state index in [1.807, 2.05) is 24.3 Å². The number of benzene rings is 2. The summed E-state index contributed by atoms with van der Waals surface area (Å²) in [6, 6.07) is 16.5. The fraction of sp³-hybridized carbons (Fsp3) is 0.586. The zero-order valence-electron chi connectivity index (χ0n) is 21.1. The Morgan fingerprint density at radius 2 is 1.20 bits per heavy atom. The molecular weight excluding hydrogens is 444 g/mol. The lowest BCUT2D eigenvalue weighted by Crippen LogP contribution is -2.61. The summed E-state index contributed by atoms with van der Waals surface area (Å²) in [5.41, 5.74) is 4.34. The maximum Gasteiger partial charge on any atom is 0.184 e. The molecule has 6 unspecified atom stereocenters. The standard InChI is InChI=1S/C29H40O6/c1-4-7-19-10-14-21(15-11-19)28-32-24(9-6-3)26-27(35-28)25(23(31)18-30)33-29(34-26)22-16-12-20(8-5-2)13-17-22/h10-17,23-31H,4-9,18H2,1-3H3/t23?,24?,25?,26?,27?,28-,29?/m0/s1. The summed E-state index contributed by atoms with van der Waals surface area (Å²) >= 11 is 0. The largest absolute Gasteiger partial charge is 0.394 e. The van der Waals surface area contributed by atoms with Gasteiger partial charge in [0.15, 0.2) is 12.6 Å². The van der Waals surface area contributed by atoms with Gasteiger partial charge in [0.05, 0.1) is 12.7 Å². The molecule has 192 valence electrons. The van der Waals surface area contributed by atoms with Crippen LogP contribution in [0.1, 0.15) is 81.3 Å². The van der Waals surface area contributed by atoms with Gasteiger partial charge in [0.2, 0.25) is 0 Å². The first-order chi connectivity index (χ1) is 17.1. The summed E-state index contributed by atoms with van der Waals surface area (Å²) in [5, 5.41) is 20.5. The molecule has 2 aromatic carbocycles. The van der Waals surface area contributed by atoms with Crippen molar-refractivity contribution in [3.05, 3.63) is 70.8 Å². The molecule has 2 aromatic rings. The van der Waals surface area contributed by atoms with Gasteiger partial charge in [-0.15, -0.1) is 0 Å². The quantitative estimate of drug-likeness (QED) is 0.494. The maximum absolute atomic E-state index is 10.7. The van der Waals surface area contributed by atoms with Crippen LogP contribution in [-0.2, 0) is 31.8 Å². The summed E-state index contributed by atoms with van der Waals surface area (Å²) in [6.07, 6.45) is 1.61. The van der Waals surface area contributed by atoms with Gasteiger partial charge < -0.3 is 29.2 Å². The Kier molecular flexibility index (Phi) is 9.34. The van der Waals surface area contributed by atoms with Crippen molar-refractivity contribution in [1.29, 1.82) is 0 Å². The summed E-state index contributed by atoms with van der Waals surface area (Å²) in [4.78, 5) is 0. The van der Waals surface area contributed by atoms with Crippen molar-refractivity contribution in [2.75, 3.05) is 6.61 Å². The minimum Gasteiger partial charge on any atom is -0.394 e. The van der Waals surface area contributed by atoms with Gasteiger partial charge in [-0.05, 0) is 30.4 Å². The van der Waals surface area contributed by atoms with Gasteiger partial charge in [-0.3, -0.25) is 0 Å². The minimum absolute atomic E-state index is 0.224. The second kappa shape index (κ2) is 12.4. The van der Waals surface area contributed by atoms with Crippen LogP contribution >= 0.6 is 0 Å². The highest BCUT2D eigenvalue weighted by Crippen LogP contribution is 2.42. The molecule has 0 amide bonds. The molecule has 0 bridgehead atoms. The van der Waals surface area contributed by atoms with Crippen LogP contribution in [0.2, 0.25) is 0 Å². The topological polar surface area (TPSA) is 77.4 Å². The van der Waals surface area contributed by atoms with Crippen molar-refractivity contribution in [2.45, 2.75) is 102 Å². The lowest BCUT2D eigenvalue weighted by atomic mass is 9.93. The number of aliphatic hydroxyl groups excluding tert-OH is 2. The molecule has 35 heavy (non-hydrogen) atoms. The van der Waals surface area contributed by atoms with Gasteiger partial charge in [-0.25, -0.2) is 0 Å². The molecule has 2 aliphatic heterocycles. The van der Waals surface area contributed by atoms with Crippen LogP contribution in [0.5, 0.6) is 0 Å². The first kappa shape index (κ1) is 26.3. The van der Waals surface area contributed by atoms with Crippen LogP contribution < -0.4 is 0 Å². The van der Waals surface area contributed by atoms with E-state index in [0.29, 0.717) is 0 Å². The van der Waals surface area contributed by atoms with Crippen LogP contribution in [0, 0.1) is 0 Å². The molecule has 2 heterocycles. The molecule has 4 rings (SSSR count). The van der Waals surface area contributed by atoms with Crippen LogP contribution in [0.25, 0.3) is 0 Å². The highest BCUT2D eigenvalue weighted by Gasteiger charge is 2.51. The molecule has 2 aliphatic rings. The van der Waals surface area contributed by atoms with E-state index in [-0.39, 0.29) is 6.10 Å². The van der Waals surface area contributed by atoms with E-state index in [9.17, 15) is 10.2 Å². The maximum atomic E-state index is 10.7. The Morgan fingerprint density at radius 1 is 0.686 bits per heavy atom. The SMILES string of the molecule is CCCc1ccc(C2OC(C(O)CO)C3O[C@@H](c4ccc(CCC)cc4)OC(CCC)C3O2)cc1. The molecule has 2 N–H and O–H groups in total. The Morgan fingerprint density at radius 3 is 1.69 bits per heavy atom. The second-order valence-electron chi connectivity index (χ2n) is 9.66. The third kappa shape index (κ3) is 6.13. The summed E-state index contributed by atoms with van der Waals surface area (Å²) in [7, 11) is 0. The summed E-state index contributed by atoms with van der Waals surface area (Å²) in [5.74, 6) is 0. The molecule has 6 nitrogen and oxygen atoms in total. The number of aryl methyl sites for hydroxylation is 2. The van der Waals surface area contributed by atoms with E-state index in [4.69, 9.17) is 18.9 Å². The normalized spacial score (nSPS) is 29.5. The van der Waals surface area contributed by atoms with E-state index in [0.717, 1.165) is 49.7 Å².